The van der Waals surface area contributed by atoms with Gasteiger partial charge in [-0.3, -0.25) is 0 Å². The first-order chi connectivity index (χ1) is 7.69. The molecule has 2 N–H and O–H groups in total. The summed E-state index contributed by atoms with van der Waals surface area (Å²) in [5, 5.41) is 1.00. The minimum atomic E-state index is 0.598. The number of anilines is 1. The monoisotopic (exact) mass is 241 g/mol. The van der Waals surface area contributed by atoms with Crippen LogP contribution in [0.2, 0.25) is 0 Å². The molecule has 0 aliphatic heterocycles. The van der Waals surface area contributed by atoms with Gasteiger partial charge in [0.15, 0.2) is 0 Å². The highest BCUT2D eigenvalue weighted by atomic mass is 32.2. The van der Waals surface area contributed by atoms with Crippen molar-refractivity contribution >= 4 is 17.6 Å². The van der Waals surface area contributed by atoms with Gasteiger partial charge in [0.2, 0.25) is 0 Å². The van der Waals surface area contributed by atoms with E-state index in [0.717, 1.165) is 41.6 Å². The Hall–Kier alpha value is -0.810. The van der Waals surface area contributed by atoms with Crippen molar-refractivity contribution < 1.29 is 4.74 Å². The van der Waals surface area contributed by atoms with Crippen LogP contribution in [0, 0.1) is 6.92 Å². The zero-order chi connectivity index (χ0) is 12.0. The summed E-state index contributed by atoms with van der Waals surface area (Å²) in [7, 11) is 1.72. The SMILES string of the molecule is CCc1nc(N)c(C)c(SCCCOC)n1. The number of thioether (sulfide) groups is 1. The molecule has 1 heterocycles. The van der Waals surface area contributed by atoms with E-state index in [4.69, 9.17) is 10.5 Å². The quantitative estimate of drug-likeness (QED) is 0.469. The molecule has 0 radical (unpaired) electrons. The average molecular weight is 241 g/mol. The van der Waals surface area contributed by atoms with Crippen LogP contribution in [0.25, 0.3) is 0 Å². The lowest BCUT2D eigenvalue weighted by Gasteiger charge is -2.08. The van der Waals surface area contributed by atoms with Gasteiger partial charge in [0, 0.05) is 31.5 Å². The van der Waals surface area contributed by atoms with E-state index in [1.54, 1.807) is 18.9 Å². The lowest BCUT2D eigenvalue weighted by molar-refractivity contribution is 0.200. The molecule has 0 atom stereocenters. The normalized spacial score (nSPS) is 10.7. The zero-order valence-corrected chi connectivity index (χ0v) is 10.9. The van der Waals surface area contributed by atoms with Crippen LogP contribution in [-0.4, -0.2) is 29.4 Å². The smallest absolute Gasteiger partial charge is 0.131 e. The molecule has 90 valence electrons. The van der Waals surface area contributed by atoms with E-state index in [0.29, 0.717) is 5.82 Å². The summed E-state index contributed by atoms with van der Waals surface area (Å²) >= 11 is 1.72. The fourth-order valence-electron chi connectivity index (χ4n) is 1.23. The van der Waals surface area contributed by atoms with E-state index in [2.05, 4.69) is 9.97 Å². The zero-order valence-electron chi connectivity index (χ0n) is 10.1. The van der Waals surface area contributed by atoms with Gasteiger partial charge in [-0.25, -0.2) is 9.97 Å². The van der Waals surface area contributed by atoms with E-state index >= 15 is 0 Å². The van der Waals surface area contributed by atoms with Crippen molar-refractivity contribution in [2.75, 3.05) is 25.2 Å². The lowest BCUT2D eigenvalue weighted by atomic mass is 10.3. The molecule has 1 rings (SSSR count). The molecule has 0 amide bonds. The van der Waals surface area contributed by atoms with Gasteiger partial charge in [-0.15, -0.1) is 11.8 Å². The van der Waals surface area contributed by atoms with Gasteiger partial charge in [0.05, 0.1) is 0 Å². The van der Waals surface area contributed by atoms with Gasteiger partial charge < -0.3 is 10.5 Å². The number of nitrogens with two attached hydrogens (primary N) is 1. The fraction of sp³-hybridized carbons (Fsp3) is 0.636. The van der Waals surface area contributed by atoms with Crippen molar-refractivity contribution in [2.24, 2.45) is 0 Å². The first kappa shape index (κ1) is 13.3. The summed E-state index contributed by atoms with van der Waals surface area (Å²) in [6.45, 7) is 4.78. The summed E-state index contributed by atoms with van der Waals surface area (Å²) in [6.07, 6.45) is 1.84. The summed E-state index contributed by atoms with van der Waals surface area (Å²) in [6, 6.07) is 0. The predicted molar refractivity (Wildman–Crippen MR) is 67.8 cm³/mol. The van der Waals surface area contributed by atoms with Gasteiger partial charge in [-0.05, 0) is 13.3 Å². The number of nitrogen functional groups attached to an aromatic ring is 1. The standard InChI is InChI=1S/C11H19N3OS/c1-4-9-13-10(12)8(2)11(14-9)16-7-5-6-15-3/h4-7H2,1-3H3,(H2,12,13,14). The number of ether oxygens (including phenoxy) is 1. The maximum absolute atomic E-state index is 5.84. The third-order valence-corrected chi connectivity index (χ3v) is 3.40. The second kappa shape index (κ2) is 6.70. The second-order valence-electron chi connectivity index (χ2n) is 3.50. The molecule has 0 aromatic carbocycles. The molecule has 4 nitrogen and oxygen atoms in total. The Labute approximate surface area is 101 Å². The molecule has 0 saturated heterocycles. The molecule has 16 heavy (non-hydrogen) atoms. The minimum absolute atomic E-state index is 0.598. The van der Waals surface area contributed by atoms with Gasteiger partial charge >= 0.3 is 0 Å². The third kappa shape index (κ3) is 3.64. The van der Waals surface area contributed by atoms with Crippen LogP contribution in [0.5, 0.6) is 0 Å². The molecular weight excluding hydrogens is 222 g/mol. The van der Waals surface area contributed by atoms with E-state index in [1.807, 2.05) is 13.8 Å². The molecule has 0 aliphatic carbocycles. The van der Waals surface area contributed by atoms with Crippen molar-refractivity contribution in [3.63, 3.8) is 0 Å². The molecule has 0 aliphatic rings. The number of aromatic nitrogens is 2. The number of methoxy groups -OCH3 is 1. The van der Waals surface area contributed by atoms with E-state index in [9.17, 15) is 0 Å². The van der Waals surface area contributed by atoms with Gasteiger partial charge in [0.25, 0.3) is 0 Å². The summed E-state index contributed by atoms with van der Waals surface area (Å²) in [5.41, 5.74) is 6.82. The van der Waals surface area contributed by atoms with Crippen molar-refractivity contribution in [3.8, 4) is 0 Å². The first-order valence-corrected chi connectivity index (χ1v) is 6.42. The van der Waals surface area contributed by atoms with E-state index in [1.165, 1.54) is 0 Å². The molecule has 0 unspecified atom stereocenters. The summed E-state index contributed by atoms with van der Waals surface area (Å²) < 4.78 is 5.01. The van der Waals surface area contributed by atoms with Crippen LogP contribution in [0.4, 0.5) is 5.82 Å². The van der Waals surface area contributed by atoms with Crippen LogP contribution in [0.15, 0.2) is 5.03 Å². The third-order valence-electron chi connectivity index (χ3n) is 2.23. The molecule has 1 aromatic heterocycles. The van der Waals surface area contributed by atoms with Crippen LogP contribution < -0.4 is 5.73 Å². The number of aryl methyl sites for hydroxylation is 1. The Balaban J connectivity index is 2.66. The summed E-state index contributed by atoms with van der Waals surface area (Å²) in [5.74, 6) is 2.41. The Morgan fingerprint density at radius 2 is 2.12 bits per heavy atom. The minimum Gasteiger partial charge on any atom is -0.385 e. The van der Waals surface area contributed by atoms with Crippen LogP contribution in [0.1, 0.15) is 24.7 Å². The molecule has 0 saturated carbocycles. The van der Waals surface area contributed by atoms with Gasteiger partial charge in [-0.1, -0.05) is 6.92 Å². The molecule has 0 spiro atoms. The predicted octanol–water partition coefficient (Wildman–Crippen LogP) is 2.06. The van der Waals surface area contributed by atoms with Crippen molar-refractivity contribution in [3.05, 3.63) is 11.4 Å². The number of hydrogen-bond donors (Lipinski definition) is 1. The van der Waals surface area contributed by atoms with Crippen LogP contribution >= 0.6 is 11.8 Å². The van der Waals surface area contributed by atoms with E-state index < -0.39 is 0 Å². The highest BCUT2D eigenvalue weighted by Gasteiger charge is 2.07. The van der Waals surface area contributed by atoms with Crippen LogP contribution in [-0.2, 0) is 11.2 Å². The largest absolute Gasteiger partial charge is 0.385 e. The first-order valence-electron chi connectivity index (χ1n) is 5.43. The van der Waals surface area contributed by atoms with Gasteiger partial charge in [0.1, 0.15) is 16.7 Å². The Bertz CT molecular complexity index is 344. The highest BCUT2D eigenvalue weighted by Crippen LogP contribution is 2.23. The van der Waals surface area contributed by atoms with Crippen molar-refractivity contribution in [2.45, 2.75) is 31.7 Å². The lowest BCUT2D eigenvalue weighted by Crippen LogP contribution is -2.04. The average Bonchev–Trinajstić information content (AvgIpc) is 2.29. The molecular formula is C11H19N3OS. The van der Waals surface area contributed by atoms with Crippen molar-refractivity contribution in [1.29, 1.82) is 0 Å². The number of rotatable bonds is 6. The van der Waals surface area contributed by atoms with Gasteiger partial charge in [-0.2, -0.15) is 0 Å². The molecule has 5 heteroatoms. The van der Waals surface area contributed by atoms with Crippen molar-refractivity contribution in [1.82, 2.24) is 9.97 Å². The molecule has 0 fully saturated rings. The Kier molecular flexibility index (Phi) is 5.55. The molecule has 0 bridgehead atoms. The Morgan fingerprint density at radius 1 is 1.38 bits per heavy atom. The fourth-order valence-corrected chi connectivity index (χ4v) is 2.18. The topological polar surface area (TPSA) is 61.0 Å². The van der Waals surface area contributed by atoms with E-state index in [-0.39, 0.29) is 0 Å². The molecule has 1 aromatic rings. The number of nitrogens with zero attached hydrogens (tertiary/aromatic N) is 2. The second-order valence-corrected chi connectivity index (χ2v) is 4.59. The van der Waals surface area contributed by atoms with Crippen LogP contribution in [0.3, 0.4) is 0 Å². The summed E-state index contributed by atoms with van der Waals surface area (Å²) in [4.78, 5) is 8.71. The highest BCUT2D eigenvalue weighted by molar-refractivity contribution is 7.99. The number of hydrogen-bond acceptors (Lipinski definition) is 5. The Morgan fingerprint density at radius 3 is 2.75 bits per heavy atom. The maximum Gasteiger partial charge on any atom is 0.131 e. The maximum atomic E-state index is 5.84.